The maximum Gasteiger partial charge on any atom is 0.262 e. The molecule has 0 aliphatic heterocycles. The fraction of sp³-hybridized carbons (Fsp3) is 0.389. The summed E-state index contributed by atoms with van der Waals surface area (Å²) in [6.45, 7) is 3.54. The van der Waals surface area contributed by atoms with Crippen LogP contribution in [0.1, 0.15) is 31.0 Å². The Morgan fingerprint density at radius 1 is 1.38 bits per heavy atom. The van der Waals surface area contributed by atoms with Gasteiger partial charge in [0.15, 0.2) is 6.61 Å². The van der Waals surface area contributed by atoms with Crippen molar-refractivity contribution < 1.29 is 18.3 Å². The van der Waals surface area contributed by atoms with Crippen molar-refractivity contribution >= 4 is 17.5 Å². The Balaban J connectivity index is 1.37. The Morgan fingerprint density at radius 2 is 2.15 bits per heavy atom. The van der Waals surface area contributed by atoms with Crippen LogP contribution in [-0.2, 0) is 17.6 Å². The molecule has 1 aromatic carbocycles. The number of nitrogens with zero attached hydrogens (tertiary/aromatic N) is 2. The third-order valence-electron chi connectivity index (χ3n) is 3.89. The Labute approximate surface area is 155 Å². The molecule has 2 aromatic rings. The number of amides is 1. The number of nitrogens with one attached hydrogen (secondary N) is 1. The van der Waals surface area contributed by atoms with Crippen molar-refractivity contribution in [3.05, 3.63) is 53.1 Å². The molecule has 0 radical (unpaired) electrons. The van der Waals surface area contributed by atoms with Gasteiger partial charge in [-0.15, -0.1) is 10.2 Å². The summed E-state index contributed by atoms with van der Waals surface area (Å²) in [6.07, 6.45) is 4.27. The Hall–Kier alpha value is -2.41. The van der Waals surface area contributed by atoms with E-state index in [1.54, 1.807) is 0 Å². The van der Waals surface area contributed by atoms with Crippen molar-refractivity contribution in [3.63, 3.8) is 0 Å². The van der Waals surface area contributed by atoms with Gasteiger partial charge in [0.25, 0.3) is 5.91 Å². The number of benzene rings is 1. The maximum atomic E-state index is 13.3. The first kappa shape index (κ1) is 18.4. The van der Waals surface area contributed by atoms with Crippen molar-refractivity contribution in [2.45, 2.75) is 32.1 Å². The molecule has 0 saturated heterocycles. The van der Waals surface area contributed by atoms with Gasteiger partial charge in [-0.05, 0) is 37.3 Å². The molecule has 0 unspecified atom stereocenters. The molecule has 1 aromatic heterocycles. The van der Waals surface area contributed by atoms with E-state index in [-0.39, 0.29) is 23.3 Å². The molecule has 1 fully saturated rings. The summed E-state index contributed by atoms with van der Waals surface area (Å²) in [7, 11) is 0. The second-order valence-electron chi connectivity index (χ2n) is 6.25. The molecule has 138 valence electrons. The van der Waals surface area contributed by atoms with Gasteiger partial charge in [0.2, 0.25) is 11.8 Å². The van der Waals surface area contributed by atoms with Crippen LogP contribution in [0.3, 0.4) is 0 Å². The van der Waals surface area contributed by atoms with Crippen molar-refractivity contribution in [1.82, 2.24) is 15.5 Å². The zero-order valence-corrected chi connectivity index (χ0v) is 14.9. The number of aryl methyl sites for hydroxylation is 1. The lowest BCUT2D eigenvalue weighted by Gasteiger charge is -2.09. The molecule has 1 amide bonds. The Bertz CT molecular complexity index is 805. The summed E-state index contributed by atoms with van der Waals surface area (Å²) in [5.41, 5.74) is 0.517. The number of carbonyl (C=O) groups is 1. The average molecular weight is 380 g/mol. The smallest absolute Gasteiger partial charge is 0.262 e. The van der Waals surface area contributed by atoms with E-state index in [0.29, 0.717) is 36.2 Å². The quantitative estimate of drug-likeness (QED) is 0.722. The molecule has 1 N–H and O–H groups in total. The molecular formula is C18H19ClFN3O3. The van der Waals surface area contributed by atoms with Crippen LogP contribution < -0.4 is 10.1 Å². The predicted molar refractivity (Wildman–Crippen MR) is 93.2 cm³/mol. The van der Waals surface area contributed by atoms with Crippen LogP contribution in [0.25, 0.3) is 0 Å². The van der Waals surface area contributed by atoms with Gasteiger partial charge in [0.05, 0.1) is 5.02 Å². The summed E-state index contributed by atoms with van der Waals surface area (Å²) in [5.74, 6) is 1.12. The zero-order chi connectivity index (χ0) is 18.5. The number of aromatic nitrogens is 2. The highest BCUT2D eigenvalue weighted by Crippen LogP contribution is 2.32. The van der Waals surface area contributed by atoms with Gasteiger partial charge in [-0.2, -0.15) is 0 Å². The van der Waals surface area contributed by atoms with Gasteiger partial charge < -0.3 is 14.5 Å². The molecule has 0 atom stereocenters. The largest absolute Gasteiger partial charge is 0.484 e. The Morgan fingerprint density at radius 3 is 2.88 bits per heavy atom. The Kier molecular flexibility index (Phi) is 5.88. The number of rotatable bonds is 9. The van der Waals surface area contributed by atoms with Gasteiger partial charge in [-0.1, -0.05) is 18.2 Å². The summed E-state index contributed by atoms with van der Waals surface area (Å²) in [4.78, 5) is 11.9. The normalized spacial score (nSPS) is 13.5. The molecular weight excluding hydrogens is 361 g/mol. The van der Waals surface area contributed by atoms with Crippen molar-refractivity contribution in [3.8, 4) is 5.75 Å². The number of carbonyl (C=O) groups excluding carboxylic acids is 1. The fourth-order valence-corrected chi connectivity index (χ4v) is 2.43. The monoisotopic (exact) mass is 379 g/mol. The fourth-order valence-electron chi connectivity index (χ4n) is 2.31. The van der Waals surface area contributed by atoms with Crippen LogP contribution in [0.15, 0.2) is 34.9 Å². The van der Waals surface area contributed by atoms with E-state index in [9.17, 15) is 9.18 Å². The molecule has 1 aliphatic carbocycles. The number of hydrogen-bond donors (Lipinski definition) is 1. The van der Waals surface area contributed by atoms with Crippen molar-refractivity contribution in [2.24, 2.45) is 5.92 Å². The lowest BCUT2D eigenvalue weighted by atomic mass is 10.2. The molecule has 3 rings (SSSR count). The lowest BCUT2D eigenvalue weighted by molar-refractivity contribution is -0.122. The van der Waals surface area contributed by atoms with Gasteiger partial charge in [-0.3, -0.25) is 4.79 Å². The van der Waals surface area contributed by atoms with E-state index in [2.05, 4.69) is 22.1 Å². The summed E-state index contributed by atoms with van der Waals surface area (Å²) >= 11 is 5.59. The third-order valence-corrected chi connectivity index (χ3v) is 4.19. The number of allylic oxidation sites excluding steroid dienone is 1. The lowest BCUT2D eigenvalue weighted by Crippen LogP contribution is -2.28. The minimum Gasteiger partial charge on any atom is -0.484 e. The van der Waals surface area contributed by atoms with Gasteiger partial charge in [0.1, 0.15) is 11.6 Å². The van der Waals surface area contributed by atoms with E-state index in [4.69, 9.17) is 20.8 Å². The first-order valence-electron chi connectivity index (χ1n) is 8.36. The first-order chi connectivity index (χ1) is 12.5. The van der Waals surface area contributed by atoms with Gasteiger partial charge >= 0.3 is 0 Å². The second-order valence-corrected chi connectivity index (χ2v) is 6.66. The van der Waals surface area contributed by atoms with E-state index in [1.807, 2.05) is 0 Å². The number of hydrogen-bond acceptors (Lipinski definition) is 5. The van der Waals surface area contributed by atoms with E-state index >= 15 is 0 Å². The third kappa shape index (κ3) is 5.56. The first-order valence-corrected chi connectivity index (χ1v) is 8.74. The number of ether oxygens (including phenoxy) is 1. The summed E-state index contributed by atoms with van der Waals surface area (Å²) < 4.78 is 24.1. The van der Waals surface area contributed by atoms with Crippen LogP contribution >= 0.6 is 11.6 Å². The maximum absolute atomic E-state index is 13.3. The molecule has 6 nitrogen and oxygen atoms in total. The van der Waals surface area contributed by atoms with E-state index in [1.165, 1.54) is 25.0 Å². The SMILES string of the molecule is C=C(CCc1nnc(CC2CC2)o1)NC(=O)COc1ccc(Cl)c(F)c1. The second kappa shape index (κ2) is 8.31. The standard InChI is InChI=1S/C18H19ClFN3O3/c1-11(2-7-17-22-23-18(26-17)8-12-3-4-12)21-16(24)10-25-13-5-6-14(19)15(20)9-13/h5-6,9,12H,1-4,7-8,10H2,(H,21,24). The minimum atomic E-state index is -0.602. The highest BCUT2D eigenvalue weighted by atomic mass is 35.5. The summed E-state index contributed by atoms with van der Waals surface area (Å²) in [5, 5.41) is 10.6. The highest BCUT2D eigenvalue weighted by Gasteiger charge is 2.24. The van der Waals surface area contributed by atoms with Crippen LogP contribution in [-0.4, -0.2) is 22.7 Å². The van der Waals surface area contributed by atoms with Crippen molar-refractivity contribution in [1.29, 1.82) is 0 Å². The van der Waals surface area contributed by atoms with Crippen LogP contribution in [0, 0.1) is 11.7 Å². The van der Waals surface area contributed by atoms with Crippen LogP contribution in [0.5, 0.6) is 5.75 Å². The minimum absolute atomic E-state index is 0.00325. The molecule has 0 spiro atoms. The highest BCUT2D eigenvalue weighted by molar-refractivity contribution is 6.30. The van der Waals surface area contributed by atoms with E-state index < -0.39 is 5.82 Å². The molecule has 0 bridgehead atoms. The summed E-state index contributed by atoms with van der Waals surface area (Å²) in [6, 6.07) is 3.98. The van der Waals surface area contributed by atoms with Gasteiger partial charge in [0, 0.05) is 24.6 Å². The van der Waals surface area contributed by atoms with Crippen LogP contribution in [0.2, 0.25) is 5.02 Å². The average Bonchev–Trinajstić information content (AvgIpc) is 3.30. The predicted octanol–water partition coefficient (Wildman–Crippen LogP) is 3.46. The van der Waals surface area contributed by atoms with Gasteiger partial charge in [-0.25, -0.2) is 4.39 Å². The topological polar surface area (TPSA) is 77.3 Å². The molecule has 1 saturated carbocycles. The molecule has 1 heterocycles. The molecule has 26 heavy (non-hydrogen) atoms. The zero-order valence-electron chi connectivity index (χ0n) is 14.1. The van der Waals surface area contributed by atoms with Crippen molar-refractivity contribution in [2.75, 3.05) is 6.61 Å². The van der Waals surface area contributed by atoms with E-state index in [0.717, 1.165) is 12.5 Å². The molecule has 1 aliphatic rings. The number of halogens is 2. The molecule has 8 heteroatoms. The van der Waals surface area contributed by atoms with Crippen LogP contribution in [0.4, 0.5) is 4.39 Å².